The van der Waals surface area contributed by atoms with Crippen LogP contribution in [-0.2, 0) is 4.79 Å². The van der Waals surface area contributed by atoms with E-state index in [0.29, 0.717) is 22.0 Å². The molecule has 1 amide bonds. The molecule has 0 atom stereocenters. The molecule has 2 rings (SSSR count). The van der Waals surface area contributed by atoms with Crippen LogP contribution in [0, 0.1) is 11.3 Å². The number of carbonyl (C=O) groups is 1. The van der Waals surface area contributed by atoms with Gasteiger partial charge in [0.05, 0.1) is 10.7 Å². The third-order valence-corrected chi connectivity index (χ3v) is 2.91. The highest BCUT2D eigenvalue weighted by atomic mass is 35.5. The molecule has 0 aromatic heterocycles. The van der Waals surface area contributed by atoms with E-state index < -0.39 is 0 Å². The minimum Gasteiger partial charge on any atom is -0.325 e. The molecule has 1 aliphatic rings. The Kier molecular flexibility index (Phi) is 2.97. The summed E-state index contributed by atoms with van der Waals surface area (Å²) in [6, 6.07) is 5.28. The molecule has 0 spiro atoms. The van der Waals surface area contributed by atoms with Crippen LogP contribution in [0.4, 0.5) is 5.69 Å². The van der Waals surface area contributed by atoms with Gasteiger partial charge in [-0.15, -0.1) is 0 Å². The van der Waals surface area contributed by atoms with Gasteiger partial charge in [0.15, 0.2) is 0 Å². The van der Waals surface area contributed by atoms with Crippen molar-refractivity contribution in [2.75, 3.05) is 5.32 Å². The molecule has 1 aliphatic carbocycles. The van der Waals surface area contributed by atoms with Crippen molar-refractivity contribution in [2.45, 2.75) is 19.8 Å². The predicted molar refractivity (Wildman–Crippen MR) is 65.3 cm³/mol. The van der Waals surface area contributed by atoms with Crippen LogP contribution in [0.1, 0.15) is 25.3 Å². The van der Waals surface area contributed by atoms with E-state index in [1.165, 1.54) is 0 Å². The molecule has 3 nitrogen and oxygen atoms in total. The Morgan fingerprint density at radius 3 is 2.75 bits per heavy atom. The molecular formula is C12H13ClN2O. The Labute approximate surface area is 99.3 Å². The highest BCUT2D eigenvalue weighted by molar-refractivity contribution is 6.35. The Hall–Kier alpha value is -1.35. The summed E-state index contributed by atoms with van der Waals surface area (Å²) in [5.74, 6) is 0.183. The van der Waals surface area contributed by atoms with Crippen LogP contribution in [0.2, 0.25) is 5.02 Å². The smallest absolute Gasteiger partial charge is 0.227 e. The summed E-state index contributed by atoms with van der Waals surface area (Å²) >= 11 is 6.01. The van der Waals surface area contributed by atoms with Crippen LogP contribution in [0.15, 0.2) is 18.2 Å². The minimum atomic E-state index is 0.0322. The minimum absolute atomic E-state index is 0.0322. The largest absolute Gasteiger partial charge is 0.325 e. The van der Waals surface area contributed by atoms with E-state index in [-0.39, 0.29) is 11.8 Å². The van der Waals surface area contributed by atoms with E-state index in [1.54, 1.807) is 25.1 Å². The first-order valence-electron chi connectivity index (χ1n) is 5.24. The molecule has 0 saturated heterocycles. The highest BCUT2D eigenvalue weighted by Crippen LogP contribution is 2.32. The summed E-state index contributed by atoms with van der Waals surface area (Å²) in [6.45, 7) is 1.66. The maximum absolute atomic E-state index is 11.6. The fourth-order valence-electron chi connectivity index (χ4n) is 1.59. The number of nitrogens with one attached hydrogen (secondary N) is 2. The number of hydrogen-bond donors (Lipinski definition) is 2. The number of benzene rings is 1. The van der Waals surface area contributed by atoms with Crippen molar-refractivity contribution in [2.24, 2.45) is 5.92 Å². The first-order chi connectivity index (χ1) is 7.59. The Morgan fingerprint density at radius 2 is 2.19 bits per heavy atom. The summed E-state index contributed by atoms with van der Waals surface area (Å²) in [7, 11) is 0. The van der Waals surface area contributed by atoms with Gasteiger partial charge in [-0.05, 0) is 31.9 Å². The summed E-state index contributed by atoms with van der Waals surface area (Å²) in [5.41, 5.74) is 1.60. The zero-order valence-electron chi connectivity index (χ0n) is 9.01. The van der Waals surface area contributed by atoms with Gasteiger partial charge < -0.3 is 10.7 Å². The van der Waals surface area contributed by atoms with Crippen LogP contribution < -0.4 is 5.32 Å². The number of carbonyl (C=O) groups excluding carboxylic acids is 1. The topological polar surface area (TPSA) is 53.0 Å². The highest BCUT2D eigenvalue weighted by Gasteiger charge is 2.30. The number of amides is 1. The van der Waals surface area contributed by atoms with Gasteiger partial charge in [0, 0.05) is 17.2 Å². The summed E-state index contributed by atoms with van der Waals surface area (Å²) in [5, 5.41) is 11.0. The Bertz CT molecular complexity index is 452. The first kappa shape index (κ1) is 11.1. The molecule has 2 N–H and O–H groups in total. The lowest BCUT2D eigenvalue weighted by Gasteiger charge is -2.11. The number of halogens is 1. The molecule has 1 aromatic carbocycles. The van der Waals surface area contributed by atoms with Crippen molar-refractivity contribution >= 4 is 28.9 Å². The van der Waals surface area contributed by atoms with Crippen LogP contribution in [0.25, 0.3) is 0 Å². The second-order valence-electron chi connectivity index (χ2n) is 4.05. The van der Waals surface area contributed by atoms with Gasteiger partial charge in [-0.25, -0.2) is 0 Å². The second kappa shape index (κ2) is 4.26. The van der Waals surface area contributed by atoms with Gasteiger partial charge in [0.25, 0.3) is 0 Å². The molecule has 0 unspecified atom stereocenters. The first-order valence-corrected chi connectivity index (χ1v) is 5.62. The zero-order valence-corrected chi connectivity index (χ0v) is 9.77. The van der Waals surface area contributed by atoms with Gasteiger partial charge in [-0.3, -0.25) is 4.79 Å². The molecule has 1 fully saturated rings. The van der Waals surface area contributed by atoms with Crippen molar-refractivity contribution in [3.63, 3.8) is 0 Å². The van der Waals surface area contributed by atoms with Crippen molar-refractivity contribution in [1.29, 1.82) is 5.41 Å². The maximum Gasteiger partial charge on any atom is 0.227 e. The van der Waals surface area contributed by atoms with E-state index in [1.807, 2.05) is 0 Å². The number of anilines is 1. The third kappa shape index (κ3) is 2.25. The fourth-order valence-corrected chi connectivity index (χ4v) is 1.91. The SMILES string of the molecule is CC(=N)c1c(Cl)cccc1NC(=O)C1CC1. The number of hydrogen-bond acceptors (Lipinski definition) is 2. The van der Waals surface area contributed by atoms with Gasteiger partial charge in [0.1, 0.15) is 0 Å². The Morgan fingerprint density at radius 1 is 1.50 bits per heavy atom. The van der Waals surface area contributed by atoms with E-state index in [4.69, 9.17) is 17.0 Å². The van der Waals surface area contributed by atoms with E-state index >= 15 is 0 Å². The normalized spacial score (nSPS) is 14.6. The summed E-state index contributed by atoms with van der Waals surface area (Å²) in [6.07, 6.45) is 1.93. The van der Waals surface area contributed by atoms with Crippen molar-refractivity contribution in [3.8, 4) is 0 Å². The monoisotopic (exact) mass is 236 g/mol. The quantitative estimate of drug-likeness (QED) is 0.779. The molecule has 0 radical (unpaired) electrons. The van der Waals surface area contributed by atoms with Gasteiger partial charge in [-0.1, -0.05) is 17.7 Å². The summed E-state index contributed by atoms with van der Waals surface area (Å²) in [4.78, 5) is 11.6. The second-order valence-corrected chi connectivity index (χ2v) is 4.46. The van der Waals surface area contributed by atoms with Crippen molar-refractivity contribution in [1.82, 2.24) is 0 Å². The standard InChI is InChI=1S/C12H13ClN2O/c1-7(14)11-9(13)3-2-4-10(11)15-12(16)8-5-6-8/h2-4,8,14H,5-6H2,1H3,(H,15,16). The average molecular weight is 237 g/mol. The predicted octanol–water partition coefficient (Wildman–Crippen LogP) is 3.08. The van der Waals surface area contributed by atoms with Gasteiger partial charge >= 0.3 is 0 Å². The molecule has 0 aliphatic heterocycles. The van der Waals surface area contributed by atoms with Crippen molar-refractivity contribution in [3.05, 3.63) is 28.8 Å². The van der Waals surface area contributed by atoms with Crippen LogP contribution in [0.5, 0.6) is 0 Å². The fraction of sp³-hybridized carbons (Fsp3) is 0.333. The average Bonchev–Trinajstić information content (AvgIpc) is 2.99. The molecular weight excluding hydrogens is 224 g/mol. The maximum atomic E-state index is 11.6. The van der Waals surface area contributed by atoms with Crippen LogP contribution >= 0.6 is 11.6 Å². The number of rotatable bonds is 3. The summed E-state index contributed by atoms with van der Waals surface area (Å²) < 4.78 is 0. The van der Waals surface area contributed by atoms with E-state index in [0.717, 1.165) is 12.8 Å². The zero-order chi connectivity index (χ0) is 11.7. The Balaban J connectivity index is 2.28. The van der Waals surface area contributed by atoms with Gasteiger partial charge in [-0.2, -0.15) is 0 Å². The van der Waals surface area contributed by atoms with E-state index in [2.05, 4.69) is 5.32 Å². The van der Waals surface area contributed by atoms with Gasteiger partial charge in [0.2, 0.25) is 5.91 Å². The lowest BCUT2D eigenvalue weighted by molar-refractivity contribution is -0.117. The van der Waals surface area contributed by atoms with Crippen molar-refractivity contribution < 1.29 is 4.79 Å². The van der Waals surface area contributed by atoms with E-state index in [9.17, 15) is 4.79 Å². The molecule has 0 bridgehead atoms. The molecule has 4 heteroatoms. The lowest BCUT2D eigenvalue weighted by Crippen LogP contribution is -2.15. The molecule has 84 valence electrons. The molecule has 16 heavy (non-hydrogen) atoms. The molecule has 1 aromatic rings. The molecule has 1 saturated carbocycles. The van der Waals surface area contributed by atoms with Crippen LogP contribution in [-0.4, -0.2) is 11.6 Å². The third-order valence-electron chi connectivity index (χ3n) is 2.59. The molecule has 0 heterocycles. The van der Waals surface area contributed by atoms with Crippen LogP contribution in [0.3, 0.4) is 0 Å². The lowest BCUT2D eigenvalue weighted by atomic mass is 10.1.